The van der Waals surface area contributed by atoms with Crippen LogP contribution in [-0.4, -0.2) is 49.3 Å². The fraction of sp³-hybridized carbons (Fsp3) is 0.280. The molecule has 4 nitrogen and oxygen atoms in total. The zero-order valence-corrected chi connectivity index (χ0v) is 16.8. The van der Waals surface area contributed by atoms with Crippen molar-refractivity contribution < 1.29 is 0 Å². The molecule has 146 valence electrons. The lowest BCUT2D eigenvalue weighted by atomic mass is 10.0. The molecule has 0 amide bonds. The zero-order valence-electron chi connectivity index (χ0n) is 16.8. The van der Waals surface area contributed by atoms with Crippen molar-refractivity contribution >= 4 is 11.4 Å². The predicted molar refractivity (Wildman–Crippen MR) is 119 cm³/mol. The fourth-order valence-corrected chi connectivity index (χ4v) is 5.37. The first kappa shape index (κ1) is 17.1. The molecule has 1 atom stereocenters. The molecular weight excluding hydrogens is 356 g/mol. The van der Waals surface area contributed by atoms with E-state index >= 15 is 0 Å². The van der Waals surface area contributed by atoms with Gasteiger partial charge in [-0.25, -0.2) is 0 Å². The summed E-state index contributed by atoms with van der Waals surface area (Å²) in [7, 11) is 2.19. The van der Waals surface area contributed by atoms with Crippen molar-refractivity contribution in [3.63, 3.8) is 0 Å². The standard InChI is InChI=1S/C25H26N4/c1-27-23-13-7-6-12-22(23)26-25(27)29-16-14-28(15-17-29)24-20-10-4-2-8-18(20)19-9-3-5-11-21(19)24/h2-13,24-26H,14-17H2,1H3/t25-/m0/s1. The van der Waals surface area contributed by atoms with Gasteiger partial charge < -0.3 is 10.2 Å². The summed E-state index contributed by atoms with van der Waals surface area (Å²) in [5, 5.41) is 3.70. The maximum atomic E-state index is 3.70. The Kier molecular flexibility index (Phi) is 3.89. The molecule has 1 saturated heterocycles. The minimum absolute atomic E-state index is 0.248. The minimum Gasteiger partial charge on any atom is -0.351 e. The first-order valence-electron chi connectivity index (χ1n) is 10.6. The van der Waals surface area contributed by atoms with Crippen LogP contribution >= 0.6 is 0 Å². The Balaban J connectivity index is 1.23. The fourth-order valence-electron chi connectivity index (χ4n) is 5.37. The lowest BCUT2D eigenvalue weighted by Crippen LogP contribution is -2.56. The molecule has 0 radical (unpaired) electrons. The van der Waals surface area contributed by atoms with Gasteiger partial charge in [-0.3, -0.25) is 9.80 Å². The van der Waals surface area contributed by atoms with Crippen LogP contribution < -0.4 is 10.2 Å². The molecule has 0 spiro atoms. The average Bonchev–Trinajstić information content (AvgIpc) is 3.29. The summed E-state index contributed by atoms with van der Waals surface area (Å²) in [4.78, 5) is 7.61. The van der Waals surface area contributed by atoms with Crippen molar-refractivity contribution in [2.24, 2.45) is 0 Å². The predicted octanol–water partition coefficient (Wildman–Crippen LogP) is 4.22. The Hall–Kier alpha value is -2.82. The van der Waals surface area contributed by atoms with E-state index in [-0.39, 0.29) is 6.29 Å². The topological polar surface area (TPSA) is 21.8 Å². The van der Waals surface area contributed by atoms with Gasteiger partial charge in [-0.2, -0.15) is 0 Å². The maximum Gasteiger partial charge on any atom is 0.158 e. The Bertz CT molecular complexity index is 1010. The van der Waals surface area contributed by atoms with E-state index in [1.807, 2.05) is 0 Å². The molecule has 3 aromatic rings. The van der Waals surface area contributed by atoms with Crippen molar-refractivity contribution in [1.82, 2.24) is 9.80 Å². The number of nitrogens with one attached hydrogen (secondary N) is 1. The molecule has 1 N–H and O–H groups in total. The van der Waals surface area contributed by atoms with Crippen molar-refractivity contribution in [1.29, 1.82) is 0 Å². The number of fused-ring (bicyclic) bond motifs is 4. The van der Waals surface area contributed by atoms with Gasteiger partial charge >= 0.3 is 0 Å². The number of para-hydroxylation sites is 2. The largest absolute Gasteiger partial charge is 0.351 e. The molecule has 0 aromatic heterocycles. The Morgan fingerprint density at radius 3 is 1.90 bits per heavy atom. The molecule has 4 heteroatoms. The van der Waals surface area contributed by atoms with Gasteiger partial charge in [0.15, 0.2) is 6.29 Å². The quantitative estimate of drug-likeness (QED) is 0.716. The lowest BCUT2D eigenvalue weighted by molar-refractivity contribution is 0.0896. The van der Waals surface area contributed by atoms with E-state index in [9.17, 15) is 0 Å². The van der Waals surface area contributed by atoms with Crippen molar-refractivity contribution in [3.8, 4) is 11.1 Å². The summed E-state index contributed by atoms with van der Waals surface area (Å²) < 4.78 is 0. The molecule has 0 unspecified atom stereocenters. The summed E-state index contributed by atoms with van der Waals surface area (Å²) in [5.41, 5.74) is 8.27. The molecule has 1 fully saturated rings. The SMILES string of the molecule is CN1c2ccccc2N[C@@H]1N1CCN(C2c3ccccc3-c3ccccc32)CC1. The van der Waals surface area contributed by atoms with Gasteiger partial charge in [0, 0.05) is 33.2 Å². The number of piperazine rings is 1. The van der Waals surface area contributed by atoms with Crippen LogP contribution in [0.1, 0.15) is 17.2 Å². The van der Waals surface area contributed by atoms with Gasteiger partial charge in [-0.05, 0) is 34.4 Å². The molecule has 3 aliphatic rings. The monoisotopic (exact) mass is 382 g/mol. The Morgan fingerprint density at radius 2 is 1.24 bits per heavy atom. The number of anilines is 2. The van der Waals surface area contributed by atoms with Crippen molar-refractivity contribution in [2.75, 3.05) is 43.4 Å². The van der Waals surface area contributed by atoms with Gasteiger partial charge in [-0.15, -0.1) is 0 Å². The van der Waals surface area contributed by atoms with E-state index in [0.29, 0.717) is 6.04 Å². The molecule has 3 aromatic carbocycles. The molecule has 2 aliphatic heterocycles. The highest BCUT2D eigenvalue weighted by atomic mass is 15.5. The van der Waals surface area contributed by atoms with Crippen LogP contribution in [0.4, 0.5) is 11.4 Å². The molecule has 6 rings (SSSR count). The first-order chi connectivity index (χ1) is 14.3. The number of hydrogen-bond acceptors (Lipinski definition) is 4. The molecule has 2 heterocycles. The van der Waals surface area contributed by atoms with E-state index in [1.165, 1.54) is 33.6 Å². The van der Waals surface area contributed by atoms with E-state index in [1.54, 1.807) is 0 Å². The third kappa shape index (κ3) is 2.60. The molecule has 0 bridgehead atoms. The highest BCUT2D eigenvalue weighted by Gasteiger charge is 2.37. The highest BCUT2D eigenvalue weighted by Crippen LogP contribution is 2.46. The van der Waals surface area contributed by atoms with Gasteiger partial charge in [-0.1, -0.05) is 60.7 Å². The summed E-state index contributed by atoms with van der Waals surface area (Å²) in [6.07, 6.45) is 0.248. The van der Waals surface area contributed by atoms with Crippen LogP contribution in [0.15, 0.2) is 72.8 Å². The van der Waals surface area contributed by atoms with E-state index < -0.39 is 0 Å². The molecule has 1 aliphatic carbocycles. The minimum atomic E-state index is 0.248. The smallest absolute Gasteiger partial charge is 0.158 e. The summed E-state index contributed by atoms with van der Waals surface area (Å²) in [5.74, 6) is 0. The normalized spacial score (nSPS) is 21.6. The van der Waals surface area contributed by atoms with E-state index in [4.69, 9.17) is 0 Å². The van der Waals surface area contributed by atoms with Crippen LogP contribution in [0.5, 0.6) is 0 Å². The Morgan fingerprint density at radius 1 is 0.690 bits per heavy atom. The summed E-state index contributed by atoms with van der Waals surface area (Å²) in [6, 6.07) is 26.9. The molecule has 0 saturated carbocycles. The first-order valence-corrected chi connectivity index (χ1v) is 10.6. The Labute approximate surface area is 172 Å². The number of benzene rings is 3. The average molecular weight is 383 g/mol. The second kappa shape index (κ2) is 6.61. The number of nitrogens with zero attached hydrogens (tertiary/aromatic N) is 3. The van der Waals surface area contributed by atoms with Crippen LogP contribution in [0.3, 0.4) is 0 Å². The van der Waals surface area contributed by atoms with Crippen LogP contribution in [0, 0.1) is 0 Å². The van der Waals surface area contributed by atoms with Gasteiger partial charge in [0.2, 0.25) is 0 Å². The van der Waals surface area contributed by atoms with Crippen LogP contribution in [0.2, 0.25) is 0 Å². The third-order valence-electron chi connectivity index (χ3n) is 6.80. The second-order valence-electron chi connectivity index (χ2n) is 8.30. The van der Waals surface area contributed by atoms with Crippen molar-refractivity contribution in [3.05, 3.63) is 83.9 Å². The second-order valence-corrected chi connectivity index (χ2v) is 8.30. The van der Waals surface area contributed by atoms with Crippen LogP contribution in [-0.2, 0) is 0 Å². The van der Waals surface area contributed by atoms with E-state index in [0.717, 1.165) is 26.2 Å². The lowest BCUT2D eigenvalue weighted by Gasteiger charge is -2.42. The van der Waals surface area contributed by atoms with E-state index in [2.05, 4.69) is 99.9 Å². The van der Waals surface area contributed by atoms with Gasteiger partial charge in [0.05, 0.1) is 17.4 Å². The summed E-state index contributed by atoms with van der Waals surface area (Å²) >= 11 is 0. The maximum absolute atomic E-state index is 3.70. The third-order valence-corrected chi connectivity index (χ3v) is 6.80. The van der Waals surface area contributed by atoms with Gasteiger partial charge in [0.25, 0.3) is 0 Å². The molecular formula is C25H26N4. The number of hydrogen-bond donors (Lipinski definition) is 1. The van der Waals surface area contributed by atoms with Crippen molar-refractivity contribution in [2.45, 2.75) is 12.3 Å². The highest BCUT2D eigenvalue weighted by molar-refractivity contribution is 5.78. The zero-order chi connectivity index (χ0) is 19.4. The number of rotatable bonds is 2. The molecule has 29 heavy (non-hydrogen) atoms. The van der Waals surface area contributed by atoms with Crippen LogP contribution in [0.25, 0.3) is 11.1 Å². The van der Waals surface area contributed by atoms with Gasteiger partial charge in [0.1, 0.15) is 0 Å². The summed E-state index contributed by atoms with van der Waals surface area (Å²) in [6.45, 7) is 4.29.